The normalized spacial score (nSPS) is 14.4. The molecule has 0 bridgehead atoms. The van der Waals surface area contributed by atoms with Crippen molar-refractivity contribution in [2.45, 2.75) is 257 Å². The van der Waals surface area contributed by atoms with E-state index < -0.39 is 26.6 Å². The summed E-state index contributed by atoms with van der Waals surface area (Å²) in [7, 11) is 1.24. The maximum Gasteiger partial charge on any atom is 0.268 e. The number of nitrogens with zero attached hydrogens (tertiary/aromatic N) is 1. The van der Waals surface area contributed by atoms with Crippen molar-refractivity contribution in [3.05, 3.63) is 48.6 Å². The molecule has 0 fully saturated rings. The third-order valence-electron chi connectivity index (χ3n) is 12.0. The number of hydrogen-bond donors (Lipinski definition) is 2. The first-order chi connectivity index (χ1) is 31.0. The summed E-state index contributed by atoms with van der Waals surface area (Å²) in [4.78, 5) is 25.4. The van der Waals surface area contributed by atoms with E-state index in [9.17, 15) is 19.4 Å². The van der Waals surface area contributed by atoms with Gasteiger partial charge in [0.05, 0.1) is 39.9 Å². The third-order valence-corrected chi connectivity index (χ3v) is 13.0. The van der Waals surface area contributed by atoms with Gasteiger partial charge < -0.3 is 28.8 Å². The van der Waals surface area contributed by atoms with Gasteiger partial charge in [-0.2, -0.15) is 0 Å². The number of aliphatic hydroxyl groups excluding tert-OH is 1. The molecule has 64 heavy (non-hydrogen) atoms. The number of aliphatic hydroxyl groups is 1. The molecule has 376 valence electrons. The molecule has 0 radical (unpaired) electrons. The summed E-state index contributed by atoms with van der Waals surface area (Å²) in [6, 6.07) is -0.903. The van der Waals surface area contributed by atoms with Gasteiger partial charge in [-0.3, -0.25) is 9.36 Å². The van der Waals surface area contributed by atoms with Gasteiger partial charge >= 0.3 is 0 Å². The zero-order valence-electron chi connectivity index (χ0n) is 42.7. The molecule has 0 saturated carbocycles. The second-order valence-corrected chi connectivity index (χ2v) is 21.0. The maximum absolute atomic E-state index is 12.9. The Labute approximate surface area is 397 Å². The van der Waals surface area contributed by atoms with E-state index in [0.29, 0.717) is 17.4 Å². The lowest BCUT2D eigenvalue weighted by atomic mass is 10.0. The monoisotopic (exact) mass is 921 g/mol. The van der Waals surface area contributed by atoms with Gasteiger partial charge in [0, 0.05) is 6.42 Å². The van der Waals surface area contributed by atoms with Crippen molar-refractivity contribution in [2.24, 2.45) is 0 Å². The van der Waals surface area contributed by atoms with E-state index >= 15 is 0 Å². The molecule has 1 amide bonds. The molecule has 0 aliphatic heterocycles. The first kappa shape index (κ1) is 62.5. The third kappa shape index (κ3) is 48.4. The molecule has 0 aromatic heterocycles. The summed E-state index contributed by atoms with van der Waals surface area (Å²) in [5.41, 5.74) is 0. The lowest BCUT2D eigenvalue weighted by Crippen LogP contribution is -2.45. The second kappa shape index (κ2) is 46.6. The smallest absolute Gasteiger partial charge is 0.268 e. The molecule has 0 spiro atoms. The van der Waals surface area contributed by atoms with Crippen molar-refractivity contribution < 1.29 is 32.9 Å². The molecular weight excluding hydrogens is 816 g/mol. The van der Waals surface area contributed by atoms with Gasteiger partial charge in [-0.05, 0) is 64.2 Å². The van der Waals surface area contributed by atoms with Crippen LogP contribution in [0.4, 0.5) is 0 Å². The largest absolute Gasteiger partial charge is 0.756 e. The zero-order valence-corrected chi connectivity index (χ0v) is 43.6. The SMILES string of the molecule is CCCCCCCCC/C=C/CC/C=C/C(O)C(COP(=O)([O-])OCC[N+](C)(C)C)NC(=O)CCCCCCCCCCCCCCC/C=C\C/C=C\CCCCCCCCCCC. The minimum atomic E-state index is -4.60. The highest BCUT2D eigenvalue weighted by molar-refractivity contribution is 7.45. The Morgan fingerprint density at radius 1 is 0.547 bits per heavy atom. The van der Waals surface area contributed by atoms with E-state index in [-0.39, 0.29) is 12.5 Å². The topological polar surface area (TPSA) is 108 Å². The molecule has 3 unspecified atom stereocenters. The van der Waals surface area contributed by atoms with Crippen molar-refractivity contribution in [2.75, 3.05) is 40.9 Å². The van der Waals surface area contributed by atoms with Gasteiger partial charge in [0.25, 0.3) is 7.82 Å². The van der Waals surface area contributed by atoms with E-state index in [0.717, 1.165) is 44.9 Å². The van der Waals surface area contributed by atoms with Gasteiger partial charge in [-0.1, -0.05) is 223 Å². The second-order valence-electron chi connectivity index (χ2n) is 19.6. The first-order valence-corrected chi connectivity index (χ1v) is 28.5. The minimum absolute atomic E-state index is 0.00705. The van der Waals surface area contributed by atoms with Crippen LogP contribution in [0.15, 0.2) is 48.6 Å². The van der Waals surface area contributed by atoms with E-state index in [4.69, 9.17) is 9.05 Å². The molecule has 3 atom stereocenters. The molecule has 9 heteroatoms. The van der Waals surface area contributed by atoms with Crippen LogP contribution in [0.1, 0.15) is 245 Å². The Hall–Kier alpha value is -1.54. The van der Waals surface area contributed by atoms with Crippen molar-refractivity contribution in [1.29, 1.82) is 0 Å². The molecule has 0 rings (SSSR count). The van der Waals surface area contributed by atoms with E-state index in [1.165, 1.54) is 180 Å². The summed E-state index contributed by atoms with van der Waals surface area (Å²) in [5, 5.41) is 13.8. The number of nitrogens with one attached hydrogen (secondary N) is 1. The predicted molar refractivity (Wildman–Crippen MR) is 274 cm³/mol. The molecule has 0 heterocycles. The summed E-state index contributed by atoms with van der Waals surface area (Å²) < 4.78 is 23.2. The van der Waals surface area contributed by atoms with Crippen LogP contribution in [-0.2, 0) is 18.4 Å². The van der Waals surface area contributed by atoms with Crippen molar-refractivity contribution in [1.82, 2.24) is 5.32 Å². The van der Waals surface area contributed by atoms with Crippen molar-refractivity contribution in [3.63, 3.8) is 0 Å². The van der Waals surface area contributed by atoms with E-state index in [2.05, 4.69) is 55.6 Å². The molecular formula is C55H105N2O6P. The molecule has 0 saturated heterocycles. The number of quaternary nitrogens is 1. The van der Waals surface area contributed by atoms with Crippen molar-refractivity contribution in [3.8, 4) is 0 Å². The van der Waals surface area contributed by atoms with Crippen LogP contribution in [0, 0.1) is 0 Å². The molecule has 0 aromatic carbocycles. The van der Waals surface area contributed by atoms with Gasteiger partial charge in [-0.15, -0.1) is 0 Å². The summed E-state index contributed by atoms with van der Waals surface area (Å²) in [6.07, 6.45) is 60.5. The Morgan fingerprint density at radius 3 is 1.36 bits per heavy atom. The highest BCUT2D eigenvalue weighted by Gasteiger charge is 2.23. The quantitative estimate of drug-likeness (QED) is 0.0272. The molecule has 0 aliphatic rings. The number of likely N-dealkylation sites (N-methyl/N-ethyl adjacent to an activating group) is 1. The molecule has 8 nitrogen and oxygen atoms in total. The Bertz CT molecular complexity index is 1180. The lowest BCUT2D eigenvalue weighted by molar-refractivity contribution is -0.870. The predicted octanol–water partition coefficient (Wildman–Crippen LogP) is 15.3. The van der Waals surface area contributed by atoms with E-state index in [1.807, 2.05) is 27.2 Å². The lowest BCUT2D eigenvalue weighted by Gasteiger charge is -2.29. The van der Waals surface area contributed by atoms with Crippen LogP contribution in [0.25, 0.3) is 0 Å². The van der Waals surface area contributed by atoms with Gasteiger partial charge in [0.1, 0.15) is 13.2 Å². The summed E-state index contributed by atoms with van der Waals surface area (Å²) in [6.45, 7) is 4.62. The highest BCUT2D eigenvalue weighted by atomic mass is 31.2. The van der Waals surface area contributed by atoms with Crippen LogP contribution < -0.4 is 10.2 Å². The molecule has 0 aromatic rings. The Balaban J connectivity index is 4.14. The highest BCUT2D eigenvalue weighted by Crippen LogP contribution is 2.38. The van der Waals surface area contributed by atoms with Crippen LogP contribution in [-0.4, -0.2) is 68.5 Å². The standard InChI is InChI=1S/C55H105N2O6P/c1-6-8-10-12-14-16-18-20-21-22-23-24-25-26-27-28-29-30-31-32-33-34-35-37-39-41-43-45-47-49-55(59)56-53(52-63-64(60,61)62-51-50-57(3,4)5)54(58)48-46-44-42-40-38-36-19-17-15-13-11-9-7-2/h23-24,26-27,38,40,46,48,53-54,58H,6-22,25,28-37,39,41-45,47,49-52H2,1-5H3,(H-,56,59,60,61)/b24-23-,27-26-,40-38+,48-46+. The average Bonchev–Trinajstić information content (AvgIpc) is 3.25. The van der Waals surface area contributed by atoms with Crippen LogP contribution >= 0.6 is 7.82 Å². The number of phosphoric ester groups is 1. The fourth-order valence-corrected chi connectivity index (χ4v) is 8.45. The van der Waals surface area contributed by atoms with Crippen LogP contribution in [0.5, 0.6) is 0 Å². The van der Waals surface area contributed by atoms with Gasteiger partial charge in [0.15, 0.2) is 0 Å². The average molecular weight is 921 g/mol. The Morgan fingerprint density at radius 2 is 0.922 bits per heavy atom. The molecule has 0 aliphatic carbocycles. The summed E-state index contributed by atoms with van der Waals surface area (Å²) in [5.74, 6) is -0.208. The number of allylic oxidation sites excluding steroid dienone is 7. The van der Waals surface area contributed by atoms with Crippen LogP contribution in [0.2, 0.25) is 0 Å². The number of unbranched alkanes of at least 4 members (excludes halogenated alkanes) is 30. The van der Waals surface area contributed by atoms with E-state index in [1.54, 1.807) is 6.08 Å². The molecule has 2 N–H and O–H groups in total. The number of phosphoric acid groups is 1. The number of carbonyl (C=O) groups is 1. The van der Waals surface area contributed by atoms with Crippen LogP contribution in [0.3, 0.4) is 0 Å². The minimum Gasteiger partial charge on any atom is -0.756 e. The zero-order chi connectivity index (χ0) is 47.1. The number of amides is 1. The number of hydrogen-bond acceptors (Lipinski definition) is 6. The Kier molecular flexibility index (Phi) is 45.4. The van der Waals surface area contributed by atoms with Gasteiger partial charge in [0.2, 0.25) is 5.91 Å². The fourth-order valence-electron chi connectivity index (χ4n) is 7.73. The maximum atomic E-state index is 12.9. The van der Waals surface area contributed by atoms with Crippen molar-refractivity contribution >= 4 is 13.7 Å². The van der Waals surface area contributed by atoms with Gasteiger partial charge in [-0.25, -0.2) is 0 Å². The summed E-state index contributed by atoms with van der Waals surface area (Å²) >= 11 is 0. The number of rotatable bonds is 49. The number of carbonyl (C=O) groups excluding carboxylic acids is 1. The fraction of sp³-hybridized carbons (Fsp3) is 0.836. The first-order valence-electron chi connectivity index (χ1n) is 27.0.